The van der Waals surface area contributed by atoms with Gasteiger partial charge in [-0.2, -0.15) is 0 Å². The molecule has 1 aliphatic carbocycles. The molecule has 1 N–H and O–H groups in total. The molecule has 1 aromatic carbocycles. The second-order valence-electron chi connectivity index (χ2n) is 6.13. The second kappa shape index (κ2) is 5.38. The normalized spacial score (nSPS) is 23.9. The van der Waals surface area contributed by atoms with E-state index >= 15 is 0 Å². The summed E-state index contributed by atoms with van der Waals surface area (Å²) >= 11 is 0. The van der Waals surface area contributed by atoms with Gasteiger partial charge in [0.05, 0.1) is 0 Å². The number of nitrogens with zero attached hydrogens (tertiary/aromatic N) is 1. The van der Waals surface area contributed by atoms with Crippen LogP contribution in [0.25, 0.3) is 10.9 Å². The summed E-state index contributed by atoms with van der Waals surface area (Å²) in [5.41, 5.74) is 2.76. The van der Waals surface area contributed by atoms with Gasteiger partial charge in [0.2, 0.25) is 0 Å². The van der Waals surface area contributed by atoms with E-state index in [1.54, 1.807) is 0 Å². The monoisotopic (exact) mass is 256 g/mol. The van der Waals surface area contributed by atoms with E-state index in [0.29, 0.717) is 6.04 Å². The molecule has 0 bridgehead atoms. The van der Waals surface area contributed by atoms with E-state index in [-0.39, 0.29) is 0 Å². The van der Waals surface area contributed by atoms with Crippen LogP contribution in [0.1, 0.15) is 38.2 Å². The van der Waals surface area contributed by atoms with Gasteiger partial charge in [0, 0.05) is 36.7 Å². The molecule has 2 aromatic rings. The lowest BCUT2D eigenvalue weighted by atomic mass is 9.87. The van der Waals surface area contributed by atoms with Gasteiger partial charge in [-0.25, -0.2) is 0 Å². The first-order valence-electron chi connectivity index (χ1n) is 7.50. The molecule has 3 rings (SSSR count). The molecule has 102 valence electrons. The molecule has 1 fully saturated rings. The lowest BCUT2D eigenvalue weighted by Gasteiger charge is -2.27. The molecular weight excluding hydrogens is 232 g/mol. The molecule has 0 aliphatic heterocycles. The summed E-state index contributed by atoms with van der Waals surface area (Å²) < 4.78 is 2.23. The summed E-state index contributed by atoms with van der Waals surface area (Å²) in [7, 11) is 2.13. The van der Waals surface area contributed by atoms with Gasteiger partial charge in [-0.05, 0) is 30.4 Å². The highest BCUT2D eigenvalue weighted by molar-refractivity contribution is 5.83. The Hall–Kier alpha value is -1.28. The number of hydrogen-bond donors (Lipinski definition) is 1. The predicted molar refractivity (Wildman–Crippen MR) is 81.2 cm³/mol. The lowest BCUT2D eigenvalue weighted by molar-refractivity contribution is 0.301. The quantitative estimate of drug-likeness (QED) is 0.882. The Morgan fingerprint density at radius 2 is 2.11 bits per heavy atom. The van der Waals surface area contributed by atoms with Gasteiger partial charge in [-0.1, -0.05) is 38.0 Å². The van der Waals surface area contributed by atoms with Crippen LogP contribution in [-0.2, 0) is 13.6 Å². The minimum Gasteiger partial charge on any atom is -0.350 e. The number of benzene rings is 1. The summed E-state index contributed by atoms with van der Waals surface area (Å²) in [5.74, 6) is 0.888. The van der Waals surface area contributed by atoms with Crippen molar-refractivity contribution in [3.05, 3.63) is 36.0 Å². The lowest BCUT2D eigenvalue weighted by Crippen LogP contribution is -2.33. The van der Waals surface area contributed by atoms with Gasteiger partial charge in [-0.15, -0.1) is 0 Å². The largest absolute Gasteiger partial charge is 0.350 e. The fraction of sp³-hybridized carbons (Fsp3) is 0.529. The van der Waals surface area contributed by atoms with Crippen molar-refractivity contribution in [3.8, 4) is 0 Å². The Balaban J connectivity index is 1.71. The van der Waals surface area contributed by atoms with E-state index in [0.717, 1.165) is 12.5 Å². The van der Waals surface area contributed by atoms with Crippen LogP contribution in [0.4, 0.5) is 0 Å². The van der Waals surface area contributed by atoms with Crippen molar-refractivity contribution in [1.82, 2.24) is 9.88 Å². The fourth-order valence-corrected chi connectivity index (χ4v) is 3.44. The molecule has 1 aliphatic rings. The van der Waals surface area contributed by atoms with Crippen molar-refractivity contribution in [2.75, 3.05) is 0 Å². The molecule has 19 heavy (non-hydrogen) atoms. The van der Waals surface area contributed by atoms with Crippen molar-refractivity contribution in [1.29, 1.82) is 0 Å². The van der Waals surface area contributed by atoms with E-state index in [4.69, 9.17) is 0 Å². The van der Waals surface area contributed by atoms with Gasteiger partial charge < -0.3 is 9.88 Å². The molecule has 0 spiro atoms. The third-order valence-electron chi connectivity index (χ3n) is 4.50. The number of aromatic nitrogens is 1. The van der Waals surface area contributed by atoms with E-state index in [1.165, 1.54) is 42.1 Å². The zero-order valence-corrected chi connectivity index (χ0v) is 12.0. The van der Waals surface area contributed by atoms with Crippen molar-refractivity contribution in [2.24, 2.45) is 13.0 Å². The highest BCUT2D eigenvalue weighted by Gasteiger charge is 2.18. The smallest absolute Gasteiger partial charge is 0.0481 e. The van der Waals surface area contributed by atoms with E-state index < -0.39 is 0 Å². The zero-order chi connectivity index (χ0) is 13.2. The van der Waals surface area contributed by atoms with Crippen LogP contribution >= 0.6 is 0 Å². The van der Waals surface area contributed by atoms with Crippen molar-refractivity contribution in [2.45, 2.75) is 45.2 Å². The summed E-state index contributed by atoms with van der Waals surface area (Å²) in [4.78, 5) is 0. The molecule has 0 amide bonds. The van der Waals surface area contributed by atoms with Crippen molar-refractivity contribution < 1.29 is 0 Å². The summed E-state index contributed by atoms with van der Waals surface area (Å²) in [6.07, 6.45) is 7.74. The van der Waals surface area contributed by atoms with Crippen LogP contribution in [0, 0.1) is 5.92 Å². The van der Waals surface area contributed by atoms with E-state index in [2.05, 4.69) is 54.3 Å². The maximum Gasteiger partial charge on any atom is 0.0481 e. The predicted octanol–water partition coefficient (Wildman–Crippen LogP) is 3.85. The van der Waals surface area contributed by atoms with Crippen molar-refractivity contribution >= 4 is 10.9 Å². The summed E-state index contributed by atoms with van der Waals surface area (Å²) in [5, 5.41) is 5.15. The van der Waals surface area contributed by atoms with Crippen LogP contribution in [0.2, 0.25) is 0 Å². The van der Waals surface area contributed by atoms with Gasteiger partial charge in [0.1, 0.15) is 0 Å². The molecule has 1 aromatic heterocycles. The summed E-state index contributed by atoms with van der Waals surface area (Å²) in [6.45, 7) is 3.38. The average molecular weight is 256 g/mol. The molecule has 1 saturated carbocycles. The molecular formula is C17H24N2. The molecule has 2 heteroatoms. The highest BCUT2D eigenvalue weighted by atomic mass is 14.9. The minimum absolute atomic E-state index is 0.711. The molecule has 2 unspecified atom stereocenters. The summed E-state index contributed by atoms with van der Waals surface area (Å²) in [6, 6.07) is 9.39. The number of fused-ring (bicyclic) bond motifs is 1. The maximum atomic E-state index is 3.76. The highest BCUT2D eigenvalue weighted by Crippen LogP contribution is 2.25. The first kappa shape index (κ1) is 12.7. The van der Waals surface area contributed by atoms with E-state index in [1.807, 2.05) is 0 Å². The Bertz CT molecular complexity index is 555. The SMILES string of the molecule is CC1CCCC(NCc2cn(C)c3ccccc23)C1. The second-order valence-corrected chi connectivity index (χ2v) is 6.13. The topological polar surface area (TPSA) is 17.0 Å². The number of aryl methyl sites for hydroxylation is 1. The Morgan fingerprint density at radius 1 is 1.26 bits per heavy atom. The molecule has 2 atom stereocenters. The van der Waals surface area contributed by atoms with Gasteiger partial charge >= 0.3 is 0 Å². The van der Waals surface area contributed by atoms with Crippen LogP contribution in [0.15, 0.2) is 30.5 Å². The average Bonchev–Trinajstić information content (AvgIpc) is 2.74. The first-order chi connectivity index (χ1) is 9.24. The Kier molecular flexibility index (Phi) is 3.61. The van der Waals surface area contributed by atoms with Crippen LogP contribution in [0.3, 0.4) is 0 Å². The third-order valence-corrected chi connectivity index (χ3v) is 4.50. The standard InChI is InChI=1S/C17H24N2/c1-13-6-5-7-15(10-13)18-11-14-12-19(2)17-9-4-3-8-16(14)17/h3-4,8-9,12-13,15,18H,5-7,10-11H2,1-2H3. The van der Waals surface area contributed by atoms with Gasteiger partial charge in [-0.3, -0.25) is 0 Å². The van der Waals surface area contributed by atoms with Crippen LogP contribution in [0.5, 0.6) is 0 Å². The molecule has 0 radical (unpaired) electrons. The number of nitrogens with one attached hydrogen (secondary N) is 1. The Morgan fingerprint density at radius 3 is 2.95 bits per heavy atom. The van der Waals surface area contributed by atoms with Crippen LogP contribution in [-0.4, -0.2) is 10.6 Å². The number of hydrogen-bond acceptors (Lipinski definition) is 1. The van der Waals surface area contributed by atoms with Crippen LogP contribution < -0.4 is 5.32 Å². The van der Waals surface area contributed by atoms with E-state index in [9.17, 15) is 0 Å². The molecule has 2 nitrogen and oxygen atoms in total. The Labute approximate surface area is 115 Å². The fourth-order valence-electron chi connectivity index (χ4n) is 3.44. The third kappa shape index (κ3) is 2.69. The molecule has 0 saturated heterocycles. The zero-order valence-electron chi connectivity index (χ0n) is 12.0. The van der Waals surface area contributed by atoms with Gasteiger partial charge in [0.25, 0.3) is 0 Å². The maximum absolute atomic E-state index is 3.76. The minimum atomic E-state index is 0.711. The first-order valence-corrected chi connectivity index (χ1v) is 7.50. The van der Waals surface area contributed by atoms with Gasteiger partial charge in [0.15, 0.2) is 0 Å². The number of para-hydroxylation sites is 1. The number of rotatable bonds is 3. The molecule has 1 heterocycles. The van der Waals surface area contributed by atoms with Crippen molar-refractivity contribution in [3.63, 3.8) is 0 Å².